The van der Waals surface area contributed by atoms with Gasteiger partial charge in [-0.25, -0.2) is 4.39 Å². The highest BCUT2D eigenvalue weighted by molar-refractivity contribution is 5.92. The van der Waals surface area contributed by atoms with Crippen LogP contribution in [0.4, 0.5) is 10.1 Å². The van der Waals surface area contributed by atoms with Crippen LogP contribution >= 0.6 is 0 Å². The van der Waals surface area contributed by atoms with Crippen LogP contribution in [-0.4, -0.2) is 29.6 Å². The van der Waals surface area contributed by atoms with Crippen molar-refractivity contribution in [2.45, 2.75) is 13.0 Å². The summed E-state index contributed by atoms with van der Waals surface area (Å²) < 4.78 is 12.8. The fraction of sp³-hybridized carbons (Fsp3) is 0.273. The highest BCUT2D eigenvalue weighted by atomic mass is 19.1. The molecule has 1 aromatic carbocycles. The predicted octanol–water partition coefficient (Wildman–Crippen LogP) is 0.827. The molecule has 0 aliphatic carbocycles. The minimum absolute atomic E-state index is 0.149. The van der Waals surface area contributed by atoms with Gasteiger partial charge in [0.2, 0.25) is 5.91 Å². The number of carboxylic acids is 1. The Morgan fingerprint density at radius 3 is 2.76 bits per heavy atom. The molecule has 0 heterocycles. The zero-order valence-electron chi connectivity index (χ0n) is 9.24. The largest absolute Gasteiger partial charge is 0.480 e. The normalized spacial score (nSPS) is 11.9. The molecule has 1 rings (SSSR count). The van der Waals surface area contributed by atoms with Gasteiger partial charge in [-0.2, -0.15) is 0 Å². The summed E-state index contributed by atoms with van der Waals surface area (Å²) >= 11 is 0. The van der Waals surface area contributed by atoms with Gasteiger partial charge in [-0.15, -0.1) is 0 Å². The smallest absolute Gasteiger partial charge is 0.320 e. The van der Waals surface area contributed by atoms with E-state index in [-0.39, 0.29) is 6.54 Å². The van der Waals surface area contributed by atoms with Crippen molar-refractivity contribution in [1.29, 1.82) is 0 Å². The van der Waals surface area contributed by atoms with E-state index in [4.69, 9.17) is 5.11 Å². The van der Waals surface area contributed by atoms with Crippen LogP contribution in [0, 0.1) is 5.82 Å². The Bertz CT molecular complexity index is 423. The van der Waals surface area contributed by atoms with Gasteiger partial charge in [-0.3, -0.25) is 14.9 Å². The van der Waals surface area contributed by atoms with E-state index in [1.165, 1.54) is 25.1 Å². The number of hydrogen-bond donors (Lipinski definition) is 3. The minimum atomic E-state index is -1.04. The first kappa shape index (κ1) is 13.1. The summed E-state index contributed by atoms with van der Waals surface area (Å²) in [5.74, 6) is -1.91. The summed E-state index contributed by atoms with van der Waals surface area (Å²) in [5.41, 5.74) is 0.333. The third kappa shape index (κ3) is 4.60. The maximum Gasteiger partial charge on any atom is 0.320 e. The molecule has 0 saturated heterocycles. The number of hydrogen-bond acceptors (Lipinski definition) is 3. The van der Waals surface area contributed by atoms with Crippen molar-refractivity contribution in [3.8, 4) is 0 Å². The van der Waals surface area contributed by atoms with Gasteiger partial charge >= 0.3 is 5.97 Å². The Hall–Kier alpha value is -1.95. The van der Waals surface area contributed by atoms with E-state index in [9.17, 15) is 14.0 Å². The average Bonchev–Trinajstić information content (AvgIpc) is 2.25. The Labute approximate surface area is 97.6 Å². The summed E-state index contributed by atoms with van der Waals surface area (Å²) in [7, 11) is 0. The van der Waals surface area contributed by atoms with Crippen molar-refractivity contribution in [2.75, 3.05) is 11.9 Å². The fourth-order valence-corrected chi connectivity index (χ4v) is 1.10. The molecule has 0 aliphatic rings. The molecule has 0 spiro atoms. The number of carbonyl (C=O) groups is 2. The van der Waals surface area contributed by atoms with Gasteiger partial charge in [0, 0.05) is 5.69 Å². The van der Waals surface area contributed by atoms with Crippen molar-refractivity contribution in [3.05, 3.63) is 30.1 Å². The minimum Gasteiger partial charge on any atom is -0.480 e. The lowest BCUT2D eigenvalue weighted by molar-refractivity contribution is -0.139. The number of aliphatic carboxylic acids is 1. The van der Waals surface area contributed by atoms with E-state index in [0.717, 1.165) is 0 Å². The third-order valence-corrected chi connectivity index (χ3v) is 2.05. The molecule has 0 fully saturated rings. The average molecular weight is 240 g/mol. The van der Waals surface area contributed by atoms with Gasteiger partial charge in [-0.05, 0) is 25.1 Å². The number of carboxylic acid groups (broad SMARTS) is 1. The van der Waals surface area contributed by atoms with E-state index in [0.29, 0.717) is 5.69 Å². The molecular weight excluding hydrogens is 227 g/mol. The Morgan fingerprint density at radius 2 is 2.18 bits per heavy atom. The van der Waals surface area contributed by atoms with Gasteiger partial charge in [0.25, 0.3) is 0 Å². The summed E-state index contributed by atoms with van der Waals surface area (Å²) in [4.78, 5) is 21.8. The molecule has 3 N–H and O–H groups in total. The summed E-state index contributed by atoms with van der Waals surface area (Å²) in [6.45, 7) is 1.28. The molecule has 17 heavy (non-hydrogen) atoms. The van der Waals surface area contributed by atoms with Gasteiger partial charge in [0.1, 0.15) is 11.9 Å². The van der Waals surface area contributed by atoms with E-state index in [1.807, 2.05) is 0 Å². The van der Waals surface area contributed by atoms with Crippen LogP contribution in [0.5, 0.6) is 0 Å². The maximum absolute atomic E-state index is 12.8. The number of benzene rings is 1. The number of rotatable bonds is 5. The molecule has 0 radical (unpaired) electrons. The SMILES string of the molecule is C[C@H](NCC(=O)Nc1cccc(F)c1)C(=O)O. The highest BCUT2D eigenvalue weighted by Crippen LogP contribution is 2.08. The molecule has 0 aromatic heterocycles. The van der Waals surface area contributed by atoms with Crippen molar-refractivity contribution in [1.82, 2.24) is 5.32 Å². The first-order valence-electron chi connectivity index (χ1n) is 5.00. The first-order chi connectivity index (χ1) is 7.99. The van der Waals surface area contributed by atoms with Crippen LogP contribution in [0.1, 0.15) is 6.92 Å². The van der Waals surface area contributed by atoms with E-state index in [1.54, 1.807) is 6.07 Å². The monoisotopic (exact) mass is 240 g/mol. The number of carbonyl (C=O) groups excluding carboxylic acids is 1. The topological polar surface area (TPSA) is 78.4 Å². The number of halogens is 1. The van der Waals surface area contributed by atoms with E-state index < -0.39 is 23.7 Å². The lowest BCUT2D eigenvalue weighted by atomic mass is 10.3. The molecule has 0 aliphatic heterocycles. The van der Waals surface area contributed by atoms with Crippen LogP contribution in [-0.2, 0) is 9.59 Å². The molecule has 0 unspecified atom stereocenters. The quantitative estimate of drug-likeness (QED) is 0.712. The van der Waals surface area contributed by atoms with Crippen molar-refractivity contribution in [2.24, 2.45) is 0 Å². The van der Waals surface area contributed by atoms with Crippen molar-refractivity contribution < 1.29 is 19.1 Å². The van der Waals surface area contributed by atoms with Crippen LogP contribution in [0.25, 0.3) is 0 Å². The van der Waals surface area contributed by atoms with E-state index >= 15 is 0 Å². The van der Waals surface area contributed by atoms with Crippen LogP contribution in [0.2, 0.25) is 0 Å². The van der Waals surface area contributed by atoms with Gasteiger partial charge < -0.3 is 10.4 Å². The molecule has 0 saturated carbocycles. The van der Waals surface area contributed by atoms with Crippen LogP contribution in [0.3, 0.4) is 0 Å². The van der Waals surface area contributed by atoms with Gasteiger partial charge in [-0.1, -0.05) is 6.07 Å². The maximum atomic E-state index is 12.8. The molecule has 5 nitrogen and oxygen atoms in total. The Kier molecular flexibility index (Phi) is 4.59. The second-order valence-corrected chi connectivity index (χ2v) is 3.50. The van der Waals surface area contributed by atoms with Crippen LogP contribution < -0.4 is 10.6 Å². The Morgan fingerprint density at radius 1 is 1.47 bits per heavy atom. The lowest BCUT2D eigenvalue weighted by Gasteiger charge is -2.09. The lowest BCUT2D eigenvalue weighted by Crippen LogP contribution is -2.39. The number of amides is 1. The fourth-order valence-electron chi connectivity index (χ4n) is 1.10. The third-order valence-electron chi connectivity index (χ3n) is 2.05. The predicted molar refractivity (Wildman–Crippen MR) is 60.1 cm³/mol. The van der Waals surface area contributed by atoms with Gasteiger partial charge in [0.15, 0.2) is 0 Å². The standard InChI is InChI=1S/C11H13FN2O3/c1-7(11(16)17)13-6-10(15)14-9-4-2-3-8(12)5-9/h2-5,7,13H,6H2,1H3,(H,14,15)(H,16,17)/t7-/m0/s1. The summed E-state index contributed by atoms with van der Waals surface area (Å²) in [5, 5.41) is 13.5. The first-order valence-corrected chi connectivity index (χ1v) is 5.00. The summed E-state index contributed by atoms with van der Waals surface area (Å²) in [6.07, 6.45) is 0. The molecule has 92 valence electrons. The second kappa shape index (κ2) is 5.95. The second-order valence-electron chi connectivity index (χ2n) is 3.50. The zero-order chi connectivity index (χ0) is 12.8. The highest BCUT2D eigenvalue weighted by Gasteiger charge is 2.11. The van der Waals surface area contributed by atoms with Crippen molar-refractivity contribution >= 4 is 17.6 Å². The zero-order valence-corrected chi connectivity index (χ0v) is 9.24. The molecule has 0 bridgehead atoms. The number of nitrogens with one attached hydrogen (secondary N) is 2. The summed E-state index contributed by atoms with van der Waals surface area (Å²) in [6, 6.07) is 4.65. The van der Waals surface area contributed by atoms with Gasteiger partial charge in [0.05, 0.1) is 6.54 Å². The molecular formula is C11H13FN2O3. The number of anilines is 1. The molecule has 1 amide bonds. The van der Waals surface area contributed by atoms with E-state index in [2.05, 4.69) is 10.6 Å². The molecule has 1 atom stereocenters. The van der Waals surface area contributed by atoms with Crippen molar-refractivity contribution in [3.63, 3.8) is 0 Å². The Balaban J connectivity index is 2.42. The molecule has 1 aromatic rings. The van der Waals surface area contributed by atoms with Crippen LogP contribution in [0.15, 0.2) is 24.3 Å². The molecule has 6 heteroatoms.